The molecule has 0 saturated carbocycles. The summed E-state index contributed by atoms with van der Waals surface area (Å²) in [5.41, 5.74) is 1.30. The van der Waals surface area contributed by atoms with Crippen LogP contribution in [0.15, 0.2) is 81.4 Å². The maximum absolute atomic E-state index is 12.4. The van der Waals surface area contributed by atoms with Crippen LogP contribution in [0.3, 0.4) is 0 Å². The molecular weight excluding hydrogens is 396 g/mol. The van der Waals surface area contributed by atoms with Gasteiger partial charge in [-0.1, -0.05) is 36.4 Å². The maximum atomic E-state index is 12.4. The van der Waals surface area contributed by atoms with Gasteiger partial charge in [0.15, 0.2) is 5.84 Å². The monoisotopic (exact) mass is 412 g/mol. The van der Waals surface area contributed by atoms with E-state index in [1.165, 1.54) is 11.3 Å². The third-order valence-electron chi connectivity index (χ3n) is 4.21. The zero-order chi connectivity index (χ0) is 19.6. The van der Waals surface area contributed by atoms with Crippen molar-refractivity contribution in [3.63, 3.8) is 0 Å². The standard InChI is InChI=1S/C20H16N2O4S2/c23-20(17-10-6-14-27-17)26-13-12-22(15-7-2-1-3-8-15)19-16-9-4-5-11-18(16)28(24,25)21-19/h1-11,14H,12-13H2. The van der Waals surface area contributed by atoms with Crippen molar-refractivity contribution in [2.24, 2.45) is 4.40 Å². The van der Waals surface area contributed by atoms with Crippen LogP contribution >= 0.6 is 11.3 Å². The second-order valence-corrected chi connectivity index (χ2v) is 8.51. The van der Waals surface area contributed by atoms with Crippen molar-refractivity contribution in [1.29, 1.82) is 0 Å². The van der Waals surface area contributed by atoms with Crippen LogP contribution in [0.4, 0.5) is 5.69 Å². The molecular formula is C20H16N2O4S2. The Labute approximate surface area is 166 Å². The summed E-state index contributed by atoms with van der Waals surface area (Å²) in [4.78, 5) is 14.6. The Morgan fingerprint density at radius 1 is 1.00 bits per heavy atom. The van der Waals surface area contributed by atoms with Gasteiger partial charge in [-0.05, 0) is 35.7 Å². The van der Waals surface area contributed by atoms with E-state index in [9.17, 15) is 13.2 Å². The summed E-state index contributed by atoms with van der Waals surface area (Å²) in [6.07, 6.45) is 0. The minimum absolute atomic E-state index is 0.0901. The van der Waals surface area contributed by atoms with E-state index in [1.807, 2.05) is 35.7 Å². The number of rotatable bonds is 5. The molecule has 2 aromatic carbocycles. The Balaban J connectivity index is 1.62. The van der Waals surface area contributed by atoms with Crippen LogP contribution in [0, 0.1) is 0 Å². The molecule has 0 aliphatic carbocycles. The topological polar surface area (TPSA) is 76.0 Å². The summed E-state index contributed by atoms with van der Waals surface area (Å²) < 4.78 is 34.2. The quantitative estimate of drug-likeness (QED) is 0.599. The lowest BCUT2D eigenvalue weighted by Gasteiger charge is -2.24. The number of fused-ring (bicyclic) bond motifs is 1. The molecule has 8 heteroatoms. The first-order valence-corrected chi connectivity index (χ1v) is 10.9. The number of anilines is 1. The largest absolute Gasteiger partial charge is 0.460 e. The molecule has 4 rings (SSSR count). The molecule has 1 aliphatic rings. The van der Waals surface area contributed by atoms with Gasteiger partial charge in [-0.15, -0.1) is 15.7 Å². The number of hydrogen-bond acceptors (Lipinski definition) is 6. The number of hydrogen-bond donors (Lipinski definition) is 0. The fourth-order valence-electron chi connectivity index (χ4n) is 2.94. The number of nitrogens with zero attached hydrogens (tertiary/aromatic N) is 2. The number of carbonyl (C=O) groups excluding carboxylic acids is 1. The Morgan fingerprint density at radius 3 is 2.50 bits per heavy atom. The molecule has 1 aromatic heterocycles. The van der Waals surface area contributed by atoms with Crippen LogP contribution in [-0.4, -0.2) is 33.4 Å². The summed E-state index contributed by atoms with van der Waals surface area (Å²) in [5, 5.41) is 1.81. The van der Waals surface area contributed by atoms with Gasteiger partial charge in [0.1, 0.15) is 16.4 Å². The third kappa shape index (κ3) is 3.56. The summed E-state index contributed by atoms with van der Waals surface area (Å²) in [7, 11) is -3.74. The molecule has 3 aromatic rings. The molecule has 0 spiro atoms. The predicted molar refractivity (Wildman–Crippen MR) is 109 cm³/mol. The van der Waals surface area contributed by atoms with Crippen LogP contribution in [0.2, 0.25) is 0 Å². The lowest BCUT2D eigenvalue weighted by Crippen LogP contribution is -2.34. The van der Waals surface area contributed by atoms with Gasteiger partial charge in [-0.3, -0.25) is 0 Å². The van der Waals surface area contributed by atoms with Crippen molar-refractivity contribution < 1.29 is 17.9 Å². The predicted octanol–water partition coefficient (Wildman–Crippen LogP) is 3.56. The maximum Gasteiger partial charge on any atom is 0.348 e. The number of esters is 1. The molecule has 142 valence electrons. The van der Waals surface area contributed by atoms with Crippen molar-refractivity contribution >= 4 is 38.9 Å². The molecule has 0 amide bonds. The molecule has 0 unspecified atom stereocenters. The minimum Gasteiger partial charge on any atom is -0.460 e. The molecule has 1 aliphatic heterocycles. The van der Waals surface area contributed by atoms with E-state index in [-0.39, 0.29) is 18.0 Å². The van der Waals surface area contributed by atoms with E-state index in [0.717, 1.165) is 5.69 Å². The van der Waals surface area contributed by atoms with Crippen LogP contribution in [0.1, 0.15) is 15.2 Å². The van der Waals surface area contributed by atoms with Crippen molar-refractivity contribution in [1.82, 2.24) is 0 Å². The van der Waals surface area contributed by atoms with Crippen molar-refractivity contribution in [3.8, 4) is 0 Å². The number of carbonyl (C=O) groups is 1. The summed E-state index contributed by atoms with van der Waals surface area (Å²) in [6, 6.07) is 19.5. The highest BCUT2D eigenvalue weighted by Crippen LogP contribution is 2.29. The number of ether oxygens (including phenoxy) is 1. The normalized spacial score (nSPS) is 14.2. The fraction of sp³-hybridized carbons (Fsp3) is 0.100. The molecule has 28 heavy (non-hydrogen) atoms. The van der Waals surface area contributed by atoms with Crippen LogP contribution in [0.5, 0.6) is 0 Å². The van der Waals surface area contributed by atoms with E-state index in [4.69, 9.17) is 4.74 Å². The molecule has 0 atom stereocenters. The molecule has 2 heterocycles. The number of sulfonamides is 1. The molecule has 0 radical (unpaired) electrons. The van der Waals surface area contributed by atoms with Gasteiger partial charge in [-0.25, -0.2) is 4.79 Å². The van der Waals surface area contributed by atoms with E-state index < -0.39 is 16.0 Å². The van der Waals surface area contributed by atoms with Gasteiger partial charge in [0.25, 0.3) is 10.0 Å². The summed E-state index contributed by atoms with van der Waals surface area (Å²) >= 11 is 1.31. The number of benzene rings is 2. The SMILES string of the molecule is O=C(OCCN(C1=NS(=O)(=O)c2ccccc21)c1ccccc1)c1cccs1. The average Bonchev–Trinajstić information content (AvgIpc) is 3.33. The zero-order valence-electron chi connectivity index (χ0n) is 14.7. The van der Waals surface area contributed by atoms with E-state index in [0.29, 0.717) is 16.3 Å². The van der Waals surface area contributed by atoms with Gasteiger partial charge in [0.05, 0.1) is 6.54 Å². The highest BCUT2D eigenvalue weighted by Gasteiger charge is 2.32. The van der Waals surface area contributed by atoms with Gasteiger partial charge in [0, 0.05) is 11.3 Å². The minimum atomic E-state index is -3.74. The number of thiophene rings is 1. The number of para-hydroxylation sites is 1. The first-order valence-electron chi connectivity index (χ1n) is 8.54. The van der Waals surface area contributed by atoms with Gasteiger partial charge in [0.2, 0.25) is 0 Å². The molecule has 0 saturated heterocycles. The average molecular weight is 412 g/mol. The number of amidine groups is 1. The molecule has 0 fully saturated rings. The molecule has 0 N–H and O–H groups in total. The zero-order valence-corrected chi connectivity index (χ0v) is 16.3. The van der Waals surface area contributed by atoms with Crippen LogP contribution in [-0.2, 0) is 14.8 Å². The Bertz CT molecular complexity index is 1120. The van der Waals surface area contributed by atoms with Gasteiger partial charge in [-0.2, -0.15) is 8.42 Å². The van der Waals surface area contributed by atoms with Crippen LogP contribution in [0.25, 0.3) is 0 Å². The smallest absolute Gasteiger partial charge is 0.348 e. The van der Waals surface area contributed by atoms with Gasteiger partial charge < -0.3 is 9.64 Å². The Hall–Kier alpha value is -2.97. The lowest BCUT2D eigenvalue weighted by atomic mass is 10.1. The van der Waals surface area contributed by atoms with Crippen molar-refractivity contribution in [3.05, 3.63) is 82.6 Å². The second kappa shape index (κ2) is 7.57. The highest BCUT2D eigenvalue weighted by molar-refractivity contribution is 7.90. The van der Waals surface area contributed by atoms with Crippen molar-refractivity contribution in [2.45, 2.75) is 4.90 Å². The van der Waals surface area contributed by atoms with E-state index in [1.54, 1.807) is 41.3 Å². The Morgan fingerprint density at radius 2 is 1.75 bits per heavy atom. The highest BCUT2D eigenvalue weighted by atomic mass is 32.2. The summed E-state index contributed by atoms with van der Waals surface area (Å²) in [5.74, 6) is -0.0710. The van der Waals surface area contributed by atoms with E-state index in [2.05, 4.69) is 4.40 Å². The van der Waals surface area contributed by atoms with Crippen LogP contribution < -0.4 is 4.90 Å². The van der Waals surface area contributed by atoms with E-state index >= 15 is 0 Å². The fourth-order valence-corrected chi connectivity index (χ4v) is 4.77. The first kappa shape index (κ1) is 18.4. The molecule has 0 bridgehead atoms. The molecule has 6 nitrogen and oxygen atoms in total. The lowest BCUT2D eigenvalue weighted by molar-refractivity contribution is 0.0523. The third-order valence-corrected chi connectivity index (χ3v) is 6.38. The van der Waals surface area contributed by atoms with Gasteiger partial charge >= 0.3 is 5.97 Å². The first-order chi connectivity index (χ1) is 13.6. The Kier molecular flexibility index (Phi) is 4.97. The van der Waals surface area contributed by atoms with Crippen molar-refractivity contribution in [2.75, 3.05) is 18.1 Å². The summed E-state index contributed by atoms with van der Waals surface area (Å²) in [6.45, 7) is 0.358. The second-order valence-electron chi connectivity index (χ2n) is 5.99.